The van der Waals surface area contributed by atoms with Gasteiger partial charge < -0.3 is 20.1 Å². The van der Waals surface area contributed by atoms with Crippen molar-refractivity contribution in [3.8, 4) is 0 Å². The molecule has 2 aliphatic rings. The molecule has 150 valence electrons. The minimum atomic E-state index is -0.741. The Kier molecular flexibility index (Phi) is 8.58. The third-order valence-electron chi connectivity index (χ3n) is 6.09. The number of hydrogen-bond acceptors (Lipinski definition) is 4. The molecule has 5 heteroatoms. The fourth-order valence-electron chi connectivity index (χ4n) is 4.41. The molecule has 1 aliphatic heterocycles. The predicted molar refractivity (Wildman–Crippen MR) is 101 cm³/mol. The molecule has 0 aromatic rings. The molecule has 2 fully saturated rings. The van der Waals surface area contributed by atoms with Crippen molar-refractivity contribution in [2.24, 2.45) is 17.8 Å². The van der Waals surface area contributed by atoms with Crippen LogP contribution in [-0.4, -0.2) is 45.7 Å². The minimum Gasteiger partial charge on any atom is -0.481 e. The van der Waals surface area contributed by atoms with E-state index in [0.717, 1.165) is 38.5 Å². The van der Waals surface area contributed by atoms with Crippen LogP contribution in [0, 0.1) is 17.8 Å². The Morgan fingerprint density at radius 1 is 1.27 bits per heavy atom. The van der Waals surface area contributed by atoms with Gasteiger partial charge in [0.1, 0.15) is 0 Å². The van der Waals surface area contributed by atoms with Crippen LogP contribution in [0.3, 0.4) is 0 Å². The quantitative estimate of drug-likeness (QED) is 0.384. The fraction of sp³-hybridized carbons (Fsp3) is 0.857. The number of ether oxygens (including phenoxy) is 1. The van der Waals surface area contributed by atoms with Crippen molar-refractivity contribution >= 4 is 5.97 Å². The van der Waals surface area contributed by atoms with E-state index in [9.17, 15) is 15.0 Å². The third-order valence-corrected chi connectivity index (χ3v) is 6.09. The van der Waals surface area contributed by atoms with Crippen molar-refractivity contribution in [2.45, 2.75) is 96.1 Å². The molecule has 3 N–H and O–H groups in total. The summed E-state index contributed by atoms with van der Waals surface area (Å²) in [7, 11) is 0. The topological polar surface area (TPSA) is 87.0 Å². The maximum Gasteiger partial charge on any atom is 0.303 e. The van der Waals surface area contributed by atoms with Crippen LogP contribution >= 0.6 is 0 Å². The highest BCUT2D eigenvalue weighted by molar-refractivity contribution is 5.66. The second-order valence-corrected chi connectivity index (χ2v) is 8.21. The fourth-order valence-corrected chi connectivity index (χ4v) is 4.41. The molecule has 0 aromatic carbocycles. The Bertz CT molecular complexity index is 463. The van der Waals surface area contributed by atoms with Crippen molar-refractivity contribution in [3.63, 3.8) is 0 Å². The molecule has 2 rings (SSSR count). The van der Waals surface area contributed by atoms with Crippen LogP contribution in [0.2, 0.25) is 0 Å². The van der Waals surface area contributed by atoms with Gasteiger partial charge in [0.05, 0.1) is 24.4 Å². The van der Waals surface area contributed by atoms with Gasteiger partial charge in [-0.25, -0.2) is 0 Å². The summed E-state index contributed by atoms with van der Waals surface area (Å²) in [5.74, 6) is -0.141. The van der Waals surface area contributed by atoms with Crippen molar-refractivity contribution in [1.29, 1.82) is 0 Å². The molecule has 1 heterocycles. The number of aliphatic carboxylic acids is 1. The first kappa shape index (κ1) is 21.4. The van der Waals surface area contributed by atoms with E-state index in [1.807, 2.05) is 12.2 Å². The number of unbranched alkanes of at least 4 members (excludes halogenated alkanes) is 2. The van der Waals surface area contributed by atoms with Gasteiger partial charge in [0.25, 0.3) is 0 Å². The number of aliphatic hydroxyl groups is 2. The van der Waals surface area contributed by atoms with E-state index in [-0.39, 0.29) is 30.5 Å². The first-order valence-corrected chi connectivity index (χ1v) is 10.3. The molecule has 0 aromatic heterocycles. The number of carboxylic acid groups (broad SMARTS) is 1. The van der Waals surface area contributed by atoms with Crippen molar-refractivity contribution in [3.05, 3.63) is 12.2 Å². The minimum absolute atomic E-state index is 0.0528. The summed E-state index contributed by atoms with van der Waals surface area (Å²) in [4.78, 5) is 10.6. The molecule has 0 bridgehead atoms. The van der Waals surface area contributed by atoms with Crippen LogP contribution in [0.15, 0.2) is 12.2 Å². The Hall–Kier alpha value is -0.910. The van der Waals surface area contributed by atoms with E-state index >= 15 is 0 Å². The van der Waals surface area contributed by atoms with Gasteiger partial charge in [-0.05, 0) is 37.5 Å². The molecular weight excluding hydrogens is 332 g/mol. The van der Waals surface area contributed by atoms with Crippen LogP contribution < -0.4 is 0 Å². The smallest absolute Gasteiger partial charge is 0.303 e. The highest BCUT2D eigenvalue weighted by atomic mass is 16.5. The van der Waals surface area contributed by atoms with E-state index in [2.05, 4.69) is 13.8 Å². The summed E-state index contributed by atoms with van der Waals surface area (Å²) in [5.41, 5.74) is 0. The number of rotatable bonds is 11. The molecular formula is C21H36O5. The first-order chi connectivity index (χ1) is 12.4. The molecule has 1 unspecified atom stereocenters. The van der Waals surface area contributed by atoms with Gasteiger partial charge in [0, 0.05) is 18.8 Å². The normalized spacial score (nSPS) is 33.5. The zero-order chi connectivity index (χ0) is 19.1. The summed E-state index contributed by atoms with van der Waals surface area (Å²) in [6, 6.07) is 0. The van der Waals surface area contributed by atoms with Crippen LogP contribution in [0.25, 0.3) is 0 Å². The van der Waals surface area contributed by atoms with E-state index in [0.29, 0.717) is 18.8 Å². The SMILES string of the molecule is CCCC[C@H](C)[C@H](O)C=C[C@@H]1[C@H]2CC(CCCCC(=O)O)O[C@@H]2C[C@H]1O. The largest absolute Gasteiger partial charge is 0.481 e. The summed E-state index contributed by atoms with van der Waals surface area (Å²) >= 11 is 0. The highest BCUT2D eigenvalue weighted by Gasteiger charge is 2.47. The number of carboxylic acids is 1. The lowest BCUT2D eigenvalue weighted by Gasteiger charge is -2.19. The maximum absolute atomic E-state index is 10.6. The Morgan fingerprint density at radius 3 is 2.73 bits per heavy atom. The predicted octanol–water partition coefficient (Wildman–Crippen LogP) is 3.53. The number of aliphatic hydroxyl groups excluding tert-OH is 2. The summed E-state index contributed by atoms with van der Waals surface area (Å²) in [6.45, 7) is 4.23. The lowest BCUT2D eigenvalue weighted by molar-refractivity contribution is -0.137. The van der Waals surface area contributed by atoms with Crippen LogP contribution in [0.5, 0.6) is 0 Å². The van der Waals surface area contributed by atoms with Crippen LogP contribution in [0.1, 0.15) is 71.6 Å². The molecule has 1 saturated carbocycles. The van der Waals surface area contributed by atoms with Gasteiger partial charge in [-0.2, -0.15) is 0 Å². The highest BCUT2D eigenvalue weighted by Crippen LogP contribution is 2.45. The molecule has 7 atom stereocenters. The molecule has 1 saturated heterocycles. The maximum atomic E-state index is 10.6. The second kappa shape index (κ2) is 10.4. The Morgan fingerprint density at radius 2 is 2.04 bits per heavy atom. The van der Waals surface area contributed by atoms with E-state index in [4.69, 9.17) is 9.84 Å². The molecule has 26 heavy (non-hydrogen) atoms. The Labute approximate surface area is 157 Å². The number of carbonyl (C=O) groups is 1. The molecule has 5 nitrogen and oxygen atoms in total. The summed E-state index contributed by atoms with van der Waals surface area (Å²) in [5, 5.41) is 29.4. The monoisotopic (exact) mass is 368 g/mol. The first-order valence-electron chi connectivity index (χ1n) is 10.3. The van der Waals surface area contributed by atoms with Crippen molar-refractivity contribution in [1.82, 2.24) is 0 Å². The lowest BCUT2D eigenvalue weighted by Crippen LogP contribution is -2.21. The van der Waals surface area contributed by atoms with Gasteiger partial charge in [-0.15, -0.1) is 0 Å². The van der Waals surface area contributed by atoms with E-state index < -0.39 is 18.2 Å². The number of hydrogen-bond donors (Lipinski definition) is 3. The standard InChI is InChI=1S/C21H36O5/c1-3-4-7-14(2)18(22)11-10-16-17-12-15(8-5-6-9-21(24)25)26-20(17)13-19(16)23/h10-11,14-20,22-23H,3-9,12-13H2,1-2H3,(H,24,25)/t14-,15?,16+,17+,18+,19+,20+/m0/s1. The van der Waals surface area contributed by atoms with E-state index in [1.54, 1.807) is 0 Å². The molecule has 0 spiro atoms. The lowest BCUT2D eigenvalue weighted by atomic mass is 9.88. The van der Waals surface area contributed by atoms with Gasteiger partial charge in [0.2, 0.25) is 0 Å². The summed E-state index contributed by atoms with van der Waals surface area (Å²) in [6.07, 6.45) is 10.8. The van der Waals surface area contributed by atoms with Gasteiger partial charge in [0.15, 0.2) is 0 Å². The molecule has 0 amide bonds. The van der Waals surface area contributed by atoms with Gasteiger partial charge >= 0.3 is 5.97 Å². The third kappa shape index (κ3) is 6.07. The summed E-state index contributed by atoms with van der Waals surface area (Å²) < 4.78 is 6.10. The number of fused-ring (bicyclic) bond motifs is 1. The Balaban J connectivity index is 1.80. The van der Waals surface area contributed by atoms with Crippen LogP contribution in [0.4, 0.5) is 0 Å². The van der Waals surface area contributed by atoms with Crippen LogP contribution in [-0.2, 0) is 9.53 Å². The zero-order valence-electron chi connectivity index (χ0n) is 16.2. The van der Waals surface area contributed by atoms with E-state index in [1.165, 1.54) is 0 Å². The average molecular weight is 369 g/mol. The van der Waals surface area contributed by atoms with Gasteiger partial charge in [-0.3, -0.25) is 4.79 Å². The van der Waals surface area contributed by atoms with Gasteiger partial charge in [-0.1, -0.05) is 45.3 Å². The van der Waals surface area contributed by atoms with Crippen molar-refractivity contribution in [2.75, 3.05) is 0 Å². The average Bonchev–Trinajstić information content (AvgIpc) is 3.10. The molecule has 1 aliphatic carbocycles. The second-order valence-electron chi connectivity index (χ2n) is 8.21. The molecule has 0 radical (unpaired) electrons. The zero-order valence-corrected chi connectivity index (χ0v) is 16.2. The van der Waals surface area contributed by atoms with Crippen molar-refractivity contribution < 1.29 is 24.9 Å².